The largest absolute Gasteiger partial charge is 0.391 e. The third kappa shape index (κ3) is 4.94. The Kier molecular flexibility index (Phi) is 4.74. The molecule has 0 bridgehead atoms. The minimum absolute atomic E-state index is 0.0622. The molecule has 2 atom stereocenters. The lowest BCUT2D eigenvalue weighted by molar-refractivity contribution is -0.132. The first-order valence-corrected chi connectivity index (χ1v) is 6.00. The fourth-order valence-electron chi connectivity index (χ4n) is 1.81. The Hall–Kier alpha value is -0.610. The van der Waals surface area contributed by atoms with E-state index in [4.69, 9.17) is 4.74 Å². The van der Waals surface area contributed by atoms with Crippen molar-refractivity contribution in [3.63, 3.8) is 0 Å². The van der Waals surface area contributed by atoms with Gasteiger partial charge in [-0.25, -0.2) is 0 Å². The predicted molar refractivity (Wildman–Crippen MR) is 62.1 cm³/mol. The molecular weight excluding hydrogens is 206 g/mol. The first-order valence-electron chi connectivity index (χ1n) is 6.00. The molecule has 0 aliphatic heterocycles. The molecule has 1 rings (SSSR count). The van der Waals surface area contributed by atoms with E-state index in [0.29, 0.717) is 0 Å². The van der Waals surface area contributed by atoms with Crippen LogP contribution >= 0.6 is 0 Å². The third-order valence-corrected chi connectivity index (χ3v) is 2.71. The average Bonchev–Trinajstić information content (AvgIpc) is 2.18. The Bertz CT molecular complexity index is 235. The molecule has 0 spiro atoms. The molecule has 94 valence electrons. The summed E-state index contributed by atoms with van der Waals surface area (Å²) in [5.74, 6) is -0.138. The third-order valence-electron chi connectivity index (χ3n) is 2.71. The summed E-state index contributed by atoms with van der Waals surface area (Å²) >= 11 is 0. The molecule has 0 aromatic heterocycles. The molecule has 4 nitrogen and oxygen atoms in total. The van der Waals surface area contributed by atoms with Crippen LogP contribution in [0.25, 0.3) is 0 Å². The number of aliphatic hydroxyl groups is 1. The number of amides is 1. The second kappa shape index (κ2) is 5.64. The molecule has 1 fully saturated rings. The molecule has 2 N–H and O–H groups in total. The van der Waals surface area contributed by atoms with E-state index in [-0.39, 0.29) is 24.2 Å². The fourth-order valence-corrected chi connectivity index (χ4v) is 1.81. The van der Waals surface area contributed by atoms with Gasteiger partial charge in [-0.2, -0.15) is 0 Å². The summed E-state index contributed by atoms with van der Waals surface area (Å²) in [5, 5.41) is 12.5. The van der Waals surface area contributed by atoms with Crippen molar-refractivity contribution in [2.75, 3.05) is 6.61 Å². The van der Waals surface area contributed by atoms with Crippen LogP contribution in [0.1, 0.15) is 46.5 Å². The normalized spacial score (nSPS) is 26.5. The molecule has 1 aliphatic carbocycles. The molecule has 0 heterocycles. The zero-order valence-corrected chi connectivity index (χ0v) is 10.5. The van der Waals surface area contributed by atoms with E-state index in [1.54, 1.807) is 0 Å². The lowest BCUT2D eigenvalue weighted by Gasteiger charge is -2.28. The van der Waals surface area contributed by atoms with E-state index in [0.717, 1.165) is 25.7 Å². The highest BCUT2D eigenvalue weighted by molar-refractivity contribution is 5.77. The maximum absolute atomic E-state index is 11.6. The number of rotatable bonds is 3. The topological polar surface area (TPSA) is 58.6 Å². The van der Waals surface area contributed by atoms with Gasteiger partial charge in [-0.05, 0) is 33.6 Å². The summed E-state index contributed by atoms with van der Waals surface area (Å²) in [6.45, 7) is 5.80. The summed E-state index contributed by atoms with van der Waals surface area (Å²) in [6, 6.07) is -0.0928. The van der Waals surface area contributed by atoms with Crippen molar-refractivity contribution in [3.8, 4) is 0 Å². The summed E-state index contributed by atoms with van der Waals surface area (Å²) in [7, 11) is 0. The second-order valence-electron chi connectivity index (χ2n) is 5.43. The highest BCUT2D eigenvalue weighted by Crippen LogP contribution is 2.18. The Balaban J connectivity index is 2.28. The van der Waals surface area contributed by atoms with Crippen molar-refractivity contribution in [1.29, 1.82) is 0 Å². The minimum Gasteiger partial charge on any atom is -0.391 e. The molecule has 4 heteroatoms. The van der Waals surface area contributed by atoms with Crippen molar-refractivity contribution >= 4 is 5.91 Å². The zero-order chi connectivity index (χ0) is 12.2. The van der Waals surface area contributed by atoms with Crippen LogP contribution in [0.5, 0.6) is 0 Å². The lowest BCUT2D eigenvalue weighted by Crippen LogP contribution is -2.46. The van der Waals surface area contributed by atoms with Crippen LogP contribution in [0.15, 0.2) is 0 Å². The number of nitrogens with one attached hydrogen (secondary N) is 1. The van der Waals surface area contributed by atoms with E-state index in [1.165, 1.54) is 0 Å². The molecule has 16 heavy (non-hydrogen) atoms. The Morgan fingerprint density at radius 1 is 1.38 bits per heavy atom. The van der Waals surface area contributed by atoms with Gasteiger partial charge in [-0.15, -0.1) is 0 Å². The van der Waals surface area contributed by atoms with Gasteiger partial charge in [0, 0.05) is 0 Å². The van der Waals surface area contributed by atoms with Crippen molar-refractivity contribution < 1.29 is 14.6 Å². The van der Waals surface area contributed by atoms with Gasteiger partial charge in [0.05, 0.1) is 17.7 Å². The van der Waals surface area contributed by atoms with E-state index in [1.807, 2.05) is 20.8 Å². The SMILES string of the molecule is CC(C)(C)OCC(=O)NC1CCCCC1O. The maximum atomic E-state index is 11.6. The van der Waals surface area contributed by atoms with Crippen LogP contribution in [0.2, 0.25) is 0 Å². The molecule has 0 saturated heterocycles. The first kappa shape index (κ1) is 13.5. The molecular formula is C12H23NO3. The number of hydrogen-bond acceptors (Lipinski definition) is 3. The predicted octanol–water partition coefficient (Wildman–Crippen LogP) is 1.22. The van der Waals surface area contributed by atoms with Gasteiger partial charge in [0.15, 0.2) is 0 Å². The van der Waals surface area contributed by atoms with E-state index in [9.17, 15) is 9.90 Å². The standard InChI is InChI=1S/C12H23NO3/c1-12(2,3)16-8-11(15)13-9-6-4-5-7-10(9)14/h9-10,14H,4-8H2,1-3H3,(H,13,15). The summed E-state index contributed by atoms with van der Waals surface area (Å²) in [4.78, 5) is 11.6. The Labute approximate surface area is 97.4 Å². The van der Waals surface area contributed by atoms with Crippen LogP contribution in [-0.4, -0.2) is 35.4 Å². The van der Waals surface area contributed by atoms with E-state index >= 15 is 0 Å². The highest BCUT2D eigenvalue weighted by Gasteiger charge is 2.24. The molecule has 1 aliphatic rings. The molecule has 1 amide bonds. The molecule has 0 radical (unpaired) electrons. The molecule has 1 saturated carbocycles. The van der Waals surface area contributed by atoms with Crippen LogP contribution in [0.4, 0.5) is 0 Å². The molecule has 0 aromatic rings. The lowest BCUT2D eigenvalue weighted by atomic mass is 9.92. The van der Waals surface area contributed by atoms with Crippen molar-refractivity contribution in [1.82, 2.24) is 5.32 Å². The van der Waals surface area contributed by atoms with Crippen LogP contribution in [-0.2, 0) is 9.53 Å². The van der Waals surface area contributed by atoms with Crippen LogP contribution < -0.4 is 5.32 Å². The summed E-state index contributed by atoms with van der Waals surface area (Å²) in [6.07, 6.45) is 3.37. The van der Waals surface area contributed by atoms with Crippen LogP contribution in [0.3, 0.4) is 0 Å². The summed E-state index contributed by atoms with van der Waals surface area (Å²) in [5.41, 5.74) is -0.303. The molecule has 2 unspecified atom stereocenters. The number of aliphatic hydroxyl groups excluding tert-OH is 1. The highest BCUT2D eigenvalue weighted by atomic mass is 16.5. The summed E-state index contributed by atoms with van der Waals surface area (Å²) < 4.78 is 5.37. The monoisotopic (exact) mass is 229 g/mol. The first-order chi connectivity index (χ1) is 7.38. The average molecular weight is 229 g/mol. The second-order valence-corrected chi connectivity index (χ2v) is 5.43. The zero-order valence-electron chi connectivity index (χ0n) is 10.5. The van der Waals surface area contributed by atoms with Gasteiger partial charge < -0.3 is 15.2 Å². The van der Waals surface area contributed by atoms with Gasteiger partial charge in [-0.1, -0.05) is 12.8 Å². The van der Waals surface area contributed by atoms with Gasteiger partial charge in [0.25, 0.3) is 0 Å². The van der Waals surface area contributed by atoms with Gasteiger partial charge in [0.2, 0.25) is 5.91 Å². The number of carbonyl (C=O) groups is 1. The number of carbonyl (C=O) groups excluding carboxylic acids is 1. The van der Waals surface area contributed by atoms with Crippen molar-refractivity contribution in [2.24, 2.45) is 0 Å². The van der Waals surface area contributed by atoms with E-state index in [2.05, 4.69) is 5.32 Å². The number of ether oxygens (including phenoxy) is 1. The Morgan fingerprint density at radius 2 is 2.00 bits per heavy atom. The van der Waals surface area contributed by atoms with Gasteiger partial charge in [0.1, 0.15) is 6.61 Å². The quantitative estimate of drug-likeness (QED) is 0.765. The van der Waals surface area contributed by atoms with Gasteiger partial charge >= 0.3 is 0 Å². The van der Waals surface area contributed by atoms with Gasteiger partial charge in [-0.3, -0.25) is 4.79 Å². The number of hydrogen-bond donors (Lipinski definition) is 2. The maximum Gasteiger partial charge on any atom is 0.246 e. The Morgan fingerprint density at radius 3 is 2.56 bits per heavy atom. The van der Waals surface area contributed by atoms with Crippen LogP contribution in [0, 0.1) is 0 Å². The fraction of sp³-hybridized carbons (Fsp3) is 0.917. The smallest absolute Gasteiger partial charge is 0.246 e. The van der Waals surface area contributed by atoms with Crippen molar-refractivity contribution in [2.45, 2.75) is 64.2 Å². The van der Waals surface area contributed by atoms with Crippen molar-refractivity contribution in [3.05, 3.63) is 0 Å². The minimum atomic E-state index is -0.396. The van der Waals surface area contributed by atoms with E-state index < -0.39 is 6.10 Å². The molecule has 0 aromatic carbocycles.